The second-order valence-electron chi connectivity index (χ2n) is 19.4. The molecule has 0 radical (unpaired) electrons. The van der Waals surface area contributed by atoms with Crippen molar-refractivity contribution in [3.63, 3.8) is 0 Å². The highest BCUT2D eigenvalue weighted by Gasteiger charge is 2.03. The number of unbranched alkanes of at least 4 members (excludes halogenated alkanes) is 47. The van der Waals surface area contributed by atoms with Crippen LogP contribution >= 0.6 is 0 Å². The number of carbonyl (C=O) groups excluding carboxylic acids is 1. The van der Waals surface area contributed by atoms with Crippen LogP contribution in [0.2, 0.25) is 0 Å². The molecule has 0 aliphatic heterocycles. The summed E-state index contributed by atoms with van der Waals surface area (Å²) in [5, 5.41) is 8.82. The van der Waals surface area contributed by atoms with E-state index in [9.17, 15) is 4.79 Å². The van der Waals surface area contributed by atoms with Gasteiger partial charge in [-0.1, -0.05) is 295 Å². The van der Waals surface area contributed by atoms with Crippen LogP contribution in [0.1, 0.15) is 334 Å². The van der Waals surface area contributed by atoms with Gasteiger partial charge in [0.1, 0.15) is 0 Å². The third-order valence-corrected chi connectivity index (χ3v) is 13.2. The number of aliphatic hydroxyl groups is 1. The van der Waals surface area contributed by atoms with Crippen LogP contribution in [0.4, 0.5) is 0 Å². The Hall–Kier alpha value is -0.830. The Morgan fingerprint density at radius 3 is 0.833 bits per heavy atom. The van der Waals surface area contributed by atoms with Crippen LogP contribution in [0.5, 0.6) is 0 Å². The van der Waals surface area contributed by atoms with Crippen LogP contribution < -0.4 is 0 Å². The van der Waals surface area contributed by atoms with Crippen LogP contribution in [0.3, 0.4) is 0 Å². The van der Waals surface area contributed by atoms with Crippen LogP contribution in [-0.2, 0) is 9.53 Å². The molecule has 0 aromatic rings. The molecule has 0 rings (SSSR count). The fourth-order valence-electron chi connectivity index (χ4n) is 9.00. The molecule has 60 heavy (non-hydrogen) atoms. The third-order valence-electron chi connectivity index (χ3n) is 13.2. The number of hydrogen-bond acceptors (Lipinski definition) is 3. The van der Waals surface area contributed by atoms with Crippen molar-refractivity contribution in [1.29, 1.82) is 0 Å². The van der Waals surface area contributed by atoms with E-state index in [4.69, 9.17) is 9.84 Å². The van der Waals surface area contributed by atoms with E-state index >= 15 is 0 Å². The number of aliphatic hydroxyl groups excluding tert-OH is 1. The predicted octanol–water partition coefficient (Wildman–Crippen LogP) is 20.0. The van der Waals surface area contributed by atoms with Crippen LogP contribution in [0, 0.1) is 0 Å². The Morgan fingerprint density at radius 1 is 0.317 bits per heavy atom. The van der Waals surface area contributed by atoms with Gasteiger partial charge in [-0.3, -0.25) is 4.79 Å². The summed E-state index contributed by atoms with van der Waals surface area (Å²) < 4.78 is 5.49. The van der Waals surface area contributed by atoms with Crippen molar-refractivity contribution >= 4 is 5.97 Å². The Bertz CT molecular complexity index is 792. The molecular weight excluding hydrogens is 733 g/mol. The number of carbonyl (C=O) groups is 1. The van der Waals surface area contributed by atoms with E-state index in [0.29, 0.717) is 19.6 Å². The molecule has 0 spiro atoms. The smallest absolute Gasteiger partial charge is 0.305 e. The topological polar surface area (TPSA) is 46.5 Å². The van der Waals surface area contributed by atoms with E-state index in [1.165, 1.54) is 295 Å². The van der Waals surface area contributed by atoms with Crippen molar-refractivity contribution < 1.29 is 14.6 Å². The first-order valence-electron chi connectivity index (χ1n) is 28.2. The summed E-state index contributed by atoms with van der Waals surface area (Å²) in [5.74, 6) is 0.0201. The van der Waals surface area contributed by atoms with Gasteiger partial charge in [0.2, 0.25) is 0 Å². The second kappa shape index (κ2) is 56.2. The monoisotopic (exact) mass is 845 g/mol. The normalized spacial score (nSPS) is 11.7. The van der Waals surface area contributed by atoms with Gasteiger partial charge in [-0.25, -0.2) is 0 Å². The first-order chi connectivity index (χ1) is 29.8. The maximum atomic E-state index is 12.0. The van der Waals surface area contributed by atoms with Crippen molar-refractivity contribution in [2.75, 3.05) is 13.2 Å². The minimum absolute atomic E-state index is 0.0201. The van der Waals surface area contributed by atoms with E-state index in [-0.39, 0.29) is 5.97 Å². The van der Waals surface area contributed by atoms with E-state index in [1.807, 2.05) is 0 Å². The SMILES string of the molecule is CCCCCCCC/C=C\CCCCCCCC(=O)OCCCCCCCCCCCCCCCCCCCCCCCCCCCCCCCCCCCCCCCO. The number of ether oxygens (including phenoxy) is 1. The fraction of sp³-hybridized carbons (Fsp3) is 0.947. The summed E-state index contributed by atoms with van der Waals surface area (Å²) in [6, 6.07) is 0. The van der Waals surface area contributed by atoms with E-state index in [0.717, 1.165) is 25.7 Å². The van der Waals surface area contributed by atoms with E-state index in [1.54, 1.807) is 0 Å². The van der Waals surface area contributed by atoms with Crippen molar-refractivity contribution in [3.8, 4) is 0 Å². The van der Waals surface area contributed by atoms with Gasteiger partial charge in [0, 0.05) is 13.0 Å². The largest absolute Gasteiger partial charge is 0.466 e. The van der Waals surface area contributed by atoms with E-state index < -0.39 is 0 Å². The molecule has 0 unspecified atom stereocenters. The van der Waals surface area contributed by atoms with Gasteiger partial charge >= 0.3 is 5.97 Å². The highest BCUT2D eigenvalue weighted by molar-refractivity contribution is 5.69. The molecule has 0 amide bonds. The molecule has 1 N–H and O–H groups in total. The molecule has 0 saturated carbocycles. The summed E-state index contributed by atoms with van der Waals surface area (Å²) in [4.78, 5) is 12.0. The first-order valence-corrected chi connectivity index (χ1v) is 28.2. The molecule has 0 heterocycles. The maximum absolute atomic E-state index is 12.0. The van der Waals surface area contributed by atoms with Crippen LogP contribution in [-0.4, -0.2) is 24.3 Å². The van der Waals surface area contributed by atoms with Gasteiger partial charge in [0.05, 0.1) is 6.61 Å². The minimum atomic E-state index is 0.0201. The number of allylic oxidation sites excluding steroid dienone is 2. The van der Waals surface area contributed by atoms with Crippen molar-refractivity contribution in [3.05, 3.63) is 12.2 Å². The standard InChI is InChI=1S/C57H112O3/c1-2-3-4-5-6-7-8-9-33-36-39-42-45-48-51-54-57(59)60-56-53-50-47-44-41-38-35-32-30-28-26-24-22-20-18-16-14-12-10-11-13-15-17-19-21-23-25-27-29-31-34-37-40-43-46-49-52-55-58/h9,33,58H,2-8,10-32,34-56H2,1H3/b33-9-. The fourth-order valence-corrected chi connectivity index (χ4v) is 9.00. The number of esters is 1. The van der Waals surface area contributed by atoms with Gasteiger partial charge in [-0.05, 0) is 44.9 Å². The molecule has 3 heteroatoms. The molecule has 0 atom stereocenters. The average molecular weight is 846 g/mol. The summed E-state index contributed by atoms with van der Waals surface area (Å²) in [5.41, 5.74) is 0. The zero-order valence-electron chi connectivity index (χ0n) is 41.4. The van der Waals surface area contributed by atoms with Crippen molar-refractivity contribution in [1.82, 2.24) is 0 Å². The lowest BCUT2D eigenvalue weighted by molar-refractivity contribution is -0.143. The molecule has 0 aromatic carbocycles. The highest BCUT2D eigenvalue weighted by Crippen LogP contribution is 2.18. The Morgan fingerprint density at radius 2 is 0.550 bits per heavy atom. The third kappa shape index (κ3) is 55.2. The molecule has 0 bridgehead atoms. The highest BCUT2D eigenvalue weighted by atomic mass is 16.5. The average Bonchev–Trinajstić information content (AvgIpc) is 3.25. The lowest BCUT2D eigenvalue weighted by atomic mass is 10.0. The zero-order valence-corrected chi connectivity index (χ0v) is 41.4. The van der Waals surface area contributed by atoms with Gasteiger partial charge in [0.25, 0.3) is 0 Å². The van der Waals surface area contributed by atoms with Crippen molar-refractivity contribution in [2.24, 2.45) is 0 Å². The van der Waals surface area contributed by atoms with Gasteiger partial charge in [0.15, 0.2) is 0 Å². The molecule has 3 nitrogen and oxygen atoms in total. The Labute approximate surface area is 379 Å². The Balaban J connectivity index is 3.14. The molecule has 0 aliphatic rings. The minimum Gasteiger partial charge on any atom is -0.466 e. The maximum Gasteiger partial charge on any atom is 0.305 e. The molecular formula is C57H112O3. The van der Waals surface area contributed by atoms with Gasteiger partial charge < -0.3 is 9.84 Å². The van der Waals surface area contributed by atoms with Gasteiger partial charge in [-0.2, -0.15) is 0 Å². The van der Waals surface area contributed by atoms with Crippen LogP contribution in [0.25, 0.3) is 0 Å². The summed E-state index contributed by atoms with van der Waals surface area (Å²) in [6.07, 6.45) is 74.0. The number of rotatable bonds is 54. The van der Waals surface area contributed by atoms with Crippen LogP contribution in [0.15, 0.2) is 12.2 Å². The van der Waals surface area contributed by atoms with Crippen molar-refractivity contribution in [2.45, 2.75) is 334 Å². The number of hydrogen-bond donors (Lipinski definition) is 1. The molecule has 0 aromatic heterocycles. The summed E-state index contributed by atoms with van der Waals surface area (Å²) >= 11 is 0. The Kier molecular flexibility index (Phi) is 55.4. The predicted molar refractivity (Wildman–Crippen MR) is 268 cm³/mol. The van der Waals surface area contributed by atoms with Gasteiger partial charge in [-0.15, -0.1) is 0 Å². The van der Waals surface area contributed by atoms with E-state index in [2.05, 4.69) is 19.1 Å². The lowest BCUT2D eigenvalue weighted by Crippen LogP contribution is -2.05. The molecule has 0 aliphatic carbocycles. The summed E-state index contributed by atoms with van der Waals surface area (Å²) in [6.45, 7) is 3.28. The zero-order chi connectivity index (χ0) is 43.2. The molecule has 358 valence electrons. The summed E-state index contributed by atoms with van der Waals surface area (Å²) in [7, 11) is 0. The molecule has 0 saturated heterocycles. The second-order valence-corrected chi connectivity index (χ2v) is 19.4. The molecule has 0 fully saturated rings. The first kappa shape index (κ1) is 59.2. The quantitative estimate of drug-likeness (QED) is 0.0377. The lowest BCUT2D eigenvalue weighted by Gasteiger charge is -2.06.